The highest BCUT2D eigenvalue weighted by Gasteiger charge is 2.19. The van der Waals surface area contributed by atoms with Crippen LogP contribution < -0.4 is 4.74 Å². The van der Waals surface area contributed by atoms with Crippen LogP contribution in [0.1, 0.15) is 17.2 Å². The summed E-state index contributed by atoms with van der Waals surface area (Å²) in [6.45, 7) is -3.01. The molecule has 2 aromatic rings. The molecule has 2 aromatic carbocycles. The van der Waals surface area contributed by atoms with Gasteiger partial charge in [0, 0.05) is 11.1 Å². The molecular weight excluding hydrogens is 257 g/mol. The van der Waals surface area contributed by atoms with E-state index < -0.39 is 18.5 Å². The van der Waals surface area contributed by atoms with Gasteiger partial charge in [0.1, 0.15) is 17.7 Å². The van der Waals surface area contributed by atoms with Crippen LogP contribution >= 0.6 is 0 Å². The van der Waals surface area contributed by atoms with Crippen LogP contribution in [0.25, 0.3) is 0 Å². The molecule has 0 spiro atoms. The highest BCUT2D eigenvalue weighted by molar-refractivity contribution is 5.40. The van der Waals surface area contributed by atoms with Crippen molar-refractivity contribution in [3.05, 3.63) is 65.5 Å². The van der Waals surface area contributed by atoms with E-state index in [2.05, 4.69) is 4.74 Å². The molecule has 0 aliphatic heterocycles. The minimum absolute atomic E-state index is 0.00724. The molecule has 1 atom stereocenters. The summed E-state index contributed by atoms with van der Waals surface area (Å²) < 4.78 is 42.4. The number of hydrogen-bond acceptors (Lipinski definition) is 2. The lowest BCUT2D eigenvalue weighted by atomic mass is 10.0. The highest BCUT2D eigenvalue weighted by Crippen LogP contribution is 2.31. The summed E-state index contributed by atoms with van der Waals surface area (Å²) in [7, 11) is 0. The molecule has 5 heteroatoms. The number of aliphatic hydroxyl groups is 1. The SMILES string of the molecule is OC(c1ccccc1F)c1ccccc1OC(F)F. The Morgan fingerprint density at radius 1 is 0.895 bits per heavy atom. The lowest BCUT2D eigenvalue weighted by Gasteiger charge is -2.16. The summed E-state index contributed by atoms with van der Waals surface area (Å²) in [4.78, 5) is 0. The van der Waals surface area contributed by atoms with E-state index in [1.807, 2.05) is 0 Å². The predicted molar refractivity (Wildman–Crippen MR) is 63.5 cm³/mol. The standard InChI is InChI=1S/C14H11F3O2/c15-11-7-3-1-5-9(11)13(18)10-6-2-4-8-12(10)19-14(16)17/h1-8,13-14,18H. The zero-order valence-corrected chi connectivity index (χ0v) is 9.76. The van der Waals surface area contributed by atoms with Crippen molar-refractivity contribution in [1.29, 1.82) is 0 Å². The molecular formula is C14H11F3O2. The average molecular weight is 268 g/mol. The number of hydrogen-bond donors (Lipinski definition) is 1. The fourth-order valence-corrected chi connectivity index (χ4v) is 1.77. The van der Waals surface area contributed by atoms with E-state index in [0.717, 1.165) is 0 Å². The van der Waals surface area contributed by atoms with E-state index >= 15 is 0 Å². The first-order chi connectivity index (χ1) is 9.09. The Balaban J connectivity index is 2.39. The summed E-state index contributed by atoms with van der Waals surface area (Å²) >= 11 is 0. The Kier molecular flexibility index (Phi) is 4.06. The Hall–Kier alpha value is -2.01. The molecule has 0 aliphatic rings. The maximum atomic E-state index is 13.6. The molecule has 0 radical (unpaired) electrons. The van der Waals surface area contributed by atoms with E-state index in [0.29, 0.717) is 0 Å². The van der Waals surface area contributed by atoms with Crippen LogP contribution in [0.5, 0.6) is 5.75 Å². The summed E-state index contributed by atoms with van der Waals surface area (Å²) in [5.74, 6) is -0.782. The van der Waals surface area contributed by atoms with E-state index in [1.165, 1.54) is 36.4 Å². The van der Waals surface area contributed by atoms with Crippen molar-refractivity contribution in [3.8, 4) is 5.75 Å². The number of para-hydroxylation sites is 1. The number of alkyl halides is 2. The summed E-state index contributed by atoms with van der Waals surface area (Å²) in [6.07, 6.45) is -1.36. The molecule has 0 aliphatic carbocycles. The first-order valence-corrected chi connectivity index (χ1v) is 5.56. The second-order valence-electron chi connectivity index (χ2n) is 3.84. The molecule has 0 aromatic heterocycles. The van der Waals surface area contributed by atoms with Crippen LogP contribution in [0.3, 0.4) is 0 Å². The van der Waals surface area contributed by atoms with Gasteiger partial charge in [0.25, 0.3) is 0 Å². The Labute approximate surface area is 108 Å². The second-order valence-corrected chi connectivity index (χ2v) is 3.84. The van der Waals surface area contributed by atoms with Crippen LogP contribution in [0, 0.1) is 5.82 Å². The fraction of sp³-hybridized carbons (Fsp3) is 0.143. The first-order valence-electron chi connectivity index (χ1n) is 5.56. The minimum Gasteiger partial charge on any atom is -0.434 e. The summed E-state index contributed by atoms with van der Waals surface area (Å²) in [6, 6.07) is 11.4. The van der Waals surface area contributed by atoms with Gasteiger partial charge in [-0.3, -0.25) is 0 Å². The molecule has 19 heavy (non-hydrogen) atoms. The maximum absolute atomic E-state index is 13.6. The van der Waals surface area contributed by atoms with Gasteiger partial charge >= 0.3 is 6.61 Å². The molecule has 0 amide bonds. The van der Waals surface area contributed by atoms with Crippen molar-refractivity contribution >= 4 is 0 Å². The molecule has 0 bridgehead atoms. The minimum atomic E-state index is -3.01. The van der Waals surface area contributed by atoms with Crippen LogP contribution in [0.4, 0.5) is 13.2 Å². The number of benzene rings is 2. The lowest BCUT2D eigenvalue weighted by molar-refractivity contribution is -0.0512. The average Bonchev–Trinajstić information content (AvgIpc) is 2.38. The Bertz CT molecular complexity index is 558. The van der Waals surface area contributed by atoms with Gasteiger partial charge in [0.2, 0.25) is 0 Å². The molecule has 2 nitrogen and oxygen atoms in total. The molecule has 0 saturated heterocycles. The van der Waals surface area contributed by atoms with Gasteiger partial charge in [-0.05, 0) is 12.1 Å². The van der Waals surface area contributed by atoms with Gasteiger partial charge in [-0.2, -0.15) is 8.78 Å². The third-order valence-electron chi connectivity index (χ3n) is 2.63. The van der Waals surface area contributed by atoms with Crippen molar-refractivity contribution in [2.45, 2.75) is 12.7 Å². The third-order valence-corrected chi connectivity index (χ3v) is 2.63. The molecule has 1 N–H and O–H groups in total. The zero-order valence-electron chi connectivity index (χ0n) is 9.76. The van der Waals surface area contributed by atoms with Crippen molar-refractivity contribution in [2.75, 3.05) is 0 Å². The number of halogens is 3. The monoisotopic (exact) mass is 268 g/mol. The maximum Gasteiger partial charge on any atom is 0.387 e. The topological polar surface area (TPSA) is 29.5 Å². The molecule has 100 valence electrons. The normalized spacial score (nSPS) is 12.5. The number of aliphatic hydroxyl groups excluding tert-OH is 1. The Morgan fingerprint density at radius 2 is 1.47 bits per heavy atom. The van der Waals surface area contributed by atoms with Gasteiger partial charge < -0.3 is 9.84 Å². The van der Waals surface area contributed by atoms with Gasteiger partial charge in [-0.25, -0.2) is 4.39 Å². The predicted octanol–water partition coefficient (Wildman–Crippen LogP) is 3.51. The van der Waals surface area contributed by atoms with E-state index in [4.69, 9.17) is 0 Å². The summed E-state index contributed by atoms with van der Waals surface area (Å²) in [5, 5.41) is 10.1. The van der Waals surface area contributed by atoms with E-state index in [-0.39, 0.29) is 16.9 Å². The van der Waals surface area contributed by atoms with Crippen molar-refractivity contribution in [2.24, 2.45) is 0 Å². The van der Waals surface area contributed by atoms with Gasteiger partial charge in [0.05, 0.1) is 0 Å². The van der Waals surface area contributed by atoms with Crippen molar-refractivity contribution < 1.29 is 23.0 Å². The molecule has 0 saturated carbocycles. The fourth-order valence-electron chi connectivity index (χ4n) is 1.77. The van der Waals surface area contributed by atoms with Crippen LogP contribution in [0.2, 0.25) is 0 Å². The van der Waals surface area contributed by atoms with Gasteiger partial charge in [0.15, 0.2) is 0 Å². The third kappa shape index (κ3) is 3.06. The van der Waals surface area contributed by atoms with Crippen molar-refractivity contribution in [1.82, 2.24) is 0 Å². The molecule has 0 heterocycles. The second kappa shape index (κ2) is 5.75. The summed E-state index contributed by atoms with van der Waals surface area (Å²) in [5.41, 5.74) is 0.0979. The largest absolute Gasteiger partial charge is 0.434 e. The smallest absolute Gasteiger partial charge is 0.387 e. The number of rotatable bonds is 4. The van der Waals surface area contributed by atoms with Crippen molar-refractivity contribution in [3.63, 3.8) is 0 Å². The van der Waals surface area contributed by atoms with Crippen LogP contribution in [-0.2, 0) is 0 Å². The lowest BCUT2D eigenvalue weighted by Crippen LogP contribution is -2.08. The highest BCUT2D eigenvalue weighted by atomic mass is 19.3. The molecule has 1 unspecified atom stereocenters. The number of ether oxygens (including phenoxy) is 1. The molecule has 0 fully saturated rings. The van der Waals surface area contributed by atoms with Gasteiger partial charge in [-0.1, -0.05) is 36.4 Å². The Morgan fingerprint density at radius 3 is 2.11 bits per heavy atom. The quantitative estimate of drug-likeness (QED) is 0.919. The first kappa shape index (κ1) is 13.4. The van der Waals surface area contributed by atoms with Crippen LogP contribution in [-0.4, -0.2) is 11.7 Å². The molecule has 2 rings (SSSR count). The zero-order chi connectivity index (χ0) is 13.8. The van der Waals surface area contributed by atoms with Gasteiger partial charge in [-0.15, -0.1) is 0 Å². The van der Waals surface area contributed by atoms with E-state index in [9.17, 15) is 18.3 Å². The van der Waals surface area contributed by atoms with Crippen LogP contribution in [0.15, 0.2) is 48.5 Å². The van der Waals surface area contributed by atoms with E-state index in [1.54, 1.807) is 12.1 Å².